The second-order valence-electron chi connectivity index (χ2n) is 5.06. The lowest BCUT2D eigenvalue weighted by atomic mass is 9.88. The molecule has 20 heavy (non-hydrogen) atoms. The standard InChI is InChI=1S/C12H20N4O3.ClH/c1-8(2)12(3,7-13)15-10(18)6-16-5-4-9(17)14-11(16)19;/h4-5,8H,6-7,13H2,1-3H3,(H,15,18)(H,14,17,19);1H. The number of carbonyl (C=O) groups excluding carboxylic acids is 1. The fraction of sp³-hybridized carbons (Fsp3) is 0.583. The number of nitrogens with zero attached hydrogens (tertiary/aromatic N) is 1. The van der Waals surface area contributed by atoms with Crippen molar-refractivity contribution in [3.63, 3.8) is 0 Å². The molecule has 0 saturated heterocycles. The average molecular weight is 305 g/mol. The van der Waals surface area contributed by atoms with Gasteiger partial charge < -0.3 is 11.1 Å². The van der Waals surface area contributed by atoms with E-state index in [2.05, 4.69) is 10.3 Å². The first kappa shape index (κ1) is 18.4. The molecule has 0 bridgehead atoms. The molecule has 1 unspecified atom stereocenters. The highest BCUT2D eigenvalue weighted by molar-refractivity contribution is 5.85. The SMILES string of the molecule is CC(C)C(C)(CN)NC(=O)Cn1ccc(=O)[nH]c1=O.Cl. The van der Waals surface area contributed by atoms with Crippen LogP contribution in [0, 0.1) is 5.92 Å². The third-order valence-corrected chi connectivity index (χ3v) is 3.33. The number of aromatic amines is 1. The van der Waals surface area contributed by atoms with Gasteiger partial charge in [0.2, 0.25) is 5.91 Å². The van der Waals surface area contributed by atoms with E-state index in [9.17, 15) is 14.4 Å². The summed E-state index contributed by atoms with van der Waals surface area (Å²) in [6.07, 6.45) is 1.29. The Morgan fingerprint density at radius 3 is 2.55 bits per heavy atom. The molecule has 0 fully saturated rings. The van der Waals surface area contributed by atoms with Gasteiger partial charge in [-0.1, -0.05) is 13.8 Å². The molecule has 1 aromatic heterocycles. The van der Waals surface area contributed by atoms with Crippen molar-refractivity contribution in [2.75, 3.05) is 6.54 Å². The van der Waals surface area contributed by atoms with Crippen molar-refractivity contribution < 1.29 is 4.79 Å². The van der Waals surface area contributed by atoms with Gasteiger partial charge in [0.15, 0.2) is 0 Å². The van der Waals surface area contributed by atoms with E-state index in [0.29, 0.717) is 6.54 Å². The number of amides is 1. The van der Waals surface area contributed by atoms with Crippen LogP contribution in [-0.4, -0.2) is 27.5 Å². The average Bonchev–Trinajstić information content (AvgIpc) is 2.32. The topological polar surface area (TPSA) is 110 Å². The molecule has 0 aliphatic carbocycles. The maximum atomic E-state index is 11.9. The first-order chi connectivity index (χ1) is 8.78. The van der Waals surface area contributed by atoms with Crippen molar-refractivity contribution in [3.05, 3.63) is 33.1 Å². The number of nitrogens with one attached hydrogen (secondary N) is 2. The van der Waals surface area contributed by atoms with Crippen molar-refractivity contribution in [2.24, 2.45) is 11.7 Å². The van der Waals surface area contributed by atoms with Gasteiger partial charge >= 0.3 is 5.69 Å². The van der Waals surface area contributed by atoms with E-state index in [1.807, 2.05) is 20.8 Å². The van der Waals surface area contributed by atoms with Gasteiger partial charge in [-0.25, -0.2) is 4.79 Å². The fourth-order valence-corrected chi connectivity index (χ4v) is 1.51. The summed E-state index contributed by atoms with van der Waals surface area (Å²) in [4.78, 5) is 36.4. The zero-order valence-electron chi connectivity index (χ0n) is 11.8. The highest BCUT2D eigenvalue weighted by Crippen LogP contribution is 2.14. The Labute approximate surface area is 123 Å². The number of halogens is 1. The van der Waals surface area contributed by atoms with Crippen molar-refractivity contribution in [1.82, 2.24) is 14.9 Å². The van der Waals surface area contributed by atoms with Gasteiger partial charge in [-0.3, -0.25) is 19.1 Å². The minimum atomic E-state index is -0.610. The van der Waals surface area contributed by atoms with Crippen LogP contribution in [0.3, 0.4) is 0 Å². The molecule has 1 atom stereocenters. The largest absolute Gasteiger partial charge is 0.348 e. The molecule has 0 saturated carbocycles. The van der Waals surface area contributed by atoms with E-state index < -0.39 is 16.8 Å². The van der Waals surface area contributed by atoms with Gasteiger partial charge in [-0.2, -0.15) is 0 Å². The van der Waals surface area contributed by atoms with Crippen molar-refractivity contribution in [3.8, 4) is 0 Å². The summed E-state index contributed by atoms with van der Waals surface area (Å²) >= 11 is 0. The molecule has 1 amide bonds. The molecule has 0 aromatic carbocycles. The lowest BCUT2D eigenvalue weighted by Gasteiger charge is -2.33. The predicted molar refractivity (Wildman–Crippen MR) is 79.0 cm³/mol. The Bertz CT molecular complexity index is 566. The van der Waals surface area contributed by atoms with Crippen LogP contribution in [0.15, 0.2) is 21.9 Å². The number of carbonyl (C=O) groups is 1. The molecule has 114 valence electrons. The fourth-order valence-electron chi connectivity index (χ4n) is 1.51. The first-order valence-corrected chi connectivity index (χ1v) is 6.09. The smallest absolute Gasteiger partial charge is 0.328 e. The number of hydrogen-bond acceptors (Lipinski definition) is 4. The highest BCUT2D eigenvalue weighted by atomic mass is 35.5. The van der Waals surface area contributed by atoms with Gasteiger partial charge in [0.1, 0.15) is 6.54 Å². The van der Waals surface area contributed by atoms with Crippen LogP contribution >= 0.6 is 12.4 Å². The third-order valence-electron chi connectivity index (χ3n) is 3.33. The van der Waals surface area contributed by atoms with Crippen molar-refractivity contribution in [1.29, 1.82) is 0 Å². The minimum absolute atomic E-state index is 0. The van der Waals surface area contributed by atoms with E-state index in [1.165, 1.54) is 12.3 Å². The van der Waals surface area contributed by atoms with Crippen LogP contribution in [0.5, 0.6) is 0 Å². The Hall–Kier alpha value is -1.60. The van der Waals surface area contributed by atoms with Crippen LogP contribution in [0.1, 0.15) is 20.8 Å². The van der Waals surface area contributed by atoms with Crippen LogP contribution in [0.25, 0.3) is 0 Å². The highest BCUT2D eigenvalue weighted by Gasteiger charge is 2.28. The normalized spacial score (nSPS) is 13.4. The number of aromatic nitrogens is 2. The molecule has 1 heterocycles. The summed E-state index contributed by atoms with van der Waals surface area (Å²) < 4.78 is 1.13. The molecule has 0 radical (unpaired) electrons. The molecular formula is C12H21ClN4O3. The Morgan fingerprint density at radius 2 is 2.10 bits per heavy atom. The molecule has 0 aliphatic heterocycles. The van der Waals surface area contributed by atoms with Gasteiger partial charge in [-0.15, -0.1) is 12.4 Å². The van der Waals surface area contributed by atoms with Crippen LogP contribution in [0.4, 0.5) is 0 Å². The van der Waals surface area contributed by atoms with Crippen LogP contribution in [-0.2, 0) is 11.3 Å². The molecule has 1 rings (SSSR count). The predicted octanol–water partition coefficient (Wildman–Crippen LogP) is -0.552. The quantitative estimate of drug-likeness (QED) is 0.678. The van der Waals surface area contributed by atoms with Crippen LogP contribution in [0.2, 0.25) is 0 Å². The van der Waals surface area contributed by atoms with Gasteiger partial charge in [0.05, 0.1) is 5.54 Å². The minimum Gasteiger partial charge on any atom is -0.348 e. The molecule has 4 N–H and O–H groups in total. The summed E-state index contributed by atoms with van der Waals surface area (Å²) in [5, 5.41) is 2.82. The molecule has 7 nitrogen and oxygen atoms in total. The first-order valence-electron chi connectivity index (χ1n) is 6.09. The van der Waals surface area contributed by atoms with Gasteiger partial charge in [0, 0.05) is 18.8 Å². The Kier molecular flexibility index (Phi) is 6.67. The van der Waals surface area contributed by atoms with E-state index in [-0.39, 0.29) is 30.8 Å². The summed E-state index contributed by atoms with van der Waals surface area (Å²) in [7, 11) is 0. The monoisotopic (exact) mass is 304 g/mol. The number of nitrogens with two attached hydrogens (primary N) is 1. The van der Waals surface area contributed by atoms with E-state index >= 15 is 0 Å². The summed E-state index contributed by atoms with van der Waals surface area (Å²) in [6.45, 7) is 5.92. The molecule has 0 spiro atoms. The summed E-state index contributed by atoms with van der Waals surface area (Å²) in [6, 6.07) is 1.19. The lowest BCUT2D eigenvalue weighted by molar-refractivity contribution is -0.124. The number of rotatable bonds is 5. The van der Waals surface area contributed by atoms with Gasteiger partial charge in [-0.05, 0) is 12.8 Å². The molecule has 0 aliphatic rings. The van der Waals surface area contributed by atoms with E-state index in [4.69, 9.17) is 5.73 Å². The molecular weight excluding hydrogens is 284 g/mol. The Morgan fingerprint density at radius 1 is 1.50 bits per heavy atom. The van der Waals surface area contributed by atoms with Crippen molar-refractivity contribution in [2.45, 2.75) is 32.9 Å². The summed E-state index contributed by atoms with van der Waals surface area (Å²) in [5.41, 5.74) is 4.04. The Balaban J connectivity index is 0.00000361. The number of H-pyrrole nitrogens is 1. The molecule has 1 aromatic rings. The second kappa shape index (κ2) is 7.25. The zero-order valence-corrected chi connectivity index (χ0v) is 12.6. The van der Waals surface area contributed by atoms with E-state index in [0.717, 1.165) is 4.57 Å². The van der Waals surface area contributed by atoms with E-state index in [1.54, 1.807) is 0 Å². The maximum absolute atomic E-state index is 11.9. The zero-order chi connectivity index (χ0) is 14.6. The molecule has 8 heteroatoms. The van der Waals surface area contributed by atoms with Gasteiger partial charge in [0.25, 0.3) is 5.56 Å². The second-order valence-corrected chi connectivity index (χ2v) is 5.06. The maximum Gasteiger partial charge on any atom is 0.328 e. The third kappa shape index (κ3) is 4.50. The summed E-state index contributed by atoms with van der Waals surface area (Å²) in [5.74, 6) is -0.162. The van der Waals surface area contributed by atoms with Crippen molar-refractivity contribution >= 4 is 18.3 Å². The lowest BCUT2D eigenvalue weighted by Crippen LogP contribution is -2.56. The number of hydrogen-bond donors (Lipinski definition) is 3. The van der Waals surface area contributed by atoms with Crippen LogP contribution < -0.4 is 22.3 Å².